The van der Waals surface area contributed by atoms with Gasteiger partial charge in [0.15, 0.2) is 0 Å². The molecule has 0 saturated carbocycles. The molecule has 0 aliphatic heterocycles. The Balaban J connectivity index is 1.66. The van der Waals surface area contributed by atoms with Gasteiger partial charge in [-0.05, 0) is 37.3 Å². The van der Waals surface area contributed by atoms with Crippen LogP contribution in [-0.2, 0) is 19.5 Å². The lowest BCUT2D eigenvalue weighted by Crippen LogP contribution is -2.40. The molecular formula is C18H24N4O. The molecule has 1 aliphatic rings. The molecule has 23 heavy (non-hydrogen) atoms. The third kappa shape index (κ3) is 3.23. The van der Waals surface area contributed by atoms with E-state index in [1.165, 1.54) is 11.1 Å². The van der Waals surface area contributed by atoms with E-state index < -0.39 is 0 Å². The van der Waals surface area contributed by atoms with Crippen LogP contribution < -0.4 is 5.32 Å². The molecule has 1 heterocycles. The molecule has 0 fully saturated rings. The van der Waals surface area contributed by atoms with Gasteiger partial charge in [0.1, 0.15) is 0 Å². The number of carbonyl (C=O) groups excluding carboxylic acids is 1. The Hall–Kier alpha value is -2.30. The first-order valence-corrected chi connectivity index (χ1v) is 8.28. The zero-order valence-corrected chi connectivity index (χ0v) is 13.8. The maximum absolute atomic E-state index is 12.5. The SMILES string of the molecule is CCn1cncc1CNC(=O)N(C)[C@H]1CCCc2ccccc21. The summed E-state index contributed by atoms with van der Waals surface area (Å²) in [4.78, 5) is 18.5. The van der Waals surface area contributed by atoms with Crippen LogP contribution in [0.4, 0.5) is 4.79 Å². The van der Waals surface area contributed by atoms with E-state index in [9.17, 15) is 4.79 Å². The molecule has 0 saturated heterocycles. The molecule has 3 rings (SSSR count). The number of urea groups is 1. The van der Waals surface area contributed by atoms with Crippen molar-refractivity contribution < 1.29 is 4.79 Å². The molecule has 0 unspecified atom stereocenters. The van der Waals surface area contributed by atoms with Crippen LogP contribution in [0.1, 0.15) is 42.6 Å². The van der Waals surface area contributed by atoms with E-state index in [0.29, 0.717) is 6.54 Å². The van der Waals surface area contributed by atoms with Gasteiger partial charge in [-0.25, -0.2) is 9.78 Å². The molecule has 5 heteroatoms. The van der Waals surface area contributed by atoms with Gasteiger partial charge < -0.3 is 14.8 Å². The molecule has 0 spiro atoms. The summed E-state index contributed by atoms with van der Waals surface area (Å²) in [5.41, 5.74) is 3.68. The van der Waals surface area contributed by atoms with Crippen LogP contribution in [0, 0.1) is 0 Å². The zero-order valence-electron chi connectivity index (χ0n) is 13.8. The molecule has 1 aromatic carbocycles. The molecule has 0 bridgehead atoms. The van der Waals surface area contributed by atoms with Crippen LogP contribution in [-0.4, -0.2) is 27.5 Å². The topological polar surface area (TPSA) is 50.2 Å². The van der Waals surface area contributed by atoms with Gasteiger partial charge in [-0.15, -0.1) is 0 Å². The summed E-state index contributed by atoms with van der Waals surface area (Å²) >= 11 is 0. The largest absolute Gasteiger partial charge is 0.333 e. The lowest BCUT2D eigenvalue weighted by Gasteiger charge is -2.33. The predicted molar refractivity (Wildman–Crippen MR) is 90.0 cm³/mol. The second kappa shape index (κ2) is 6.86. The number of aryl methyl sites for hydroxylation is 2. The summed E-state index contributed by atoms with van der Waals surface area (Å²) in [7, 11) is 1.89. The number of amides is 2. The summed E-state index contributed by atoms with van der Waals surface area (Å²) in [5, 5.41) is 3.01. The Labute approximate surface area is 137 Å². The minimum absolute atomic E-state index is 0.0319. The molecule has 5 nitrogen and oxygen atoms in total. The van der Waals surface area contributed by atoms with Gasteiger partial charge in [0.25, 0.3) is 0 Å². The number of aromatic nitrogens is 2. The highest BCUT2D eigenvalue weighted by Crippen LogP contribution is 2.33. The third-order valence-corrected chi connectivity index (χ3v) is 4.69. The van der Waals surface area contributed by atoms with Crippen LogP contribution in [0.25, 0.3) is 0 Å². The minimum atomic E-state index is -0.0319. The van der Waals surface area contributed by atoms with Crippen molar-refractivity contribution in [2.75, 3.05) is 7.05 Å². The number of nitrogens with one attached hydrogen (secondary N) is 1. The zero-order chi connectivity index (χ0) is 16.2. The highest BCUT2D eigenvalue weighted by Gasteiger charge is 2.26. The van der Waals surface area contributed by atoms with E-state index in [-0.39, 0.29) is 12.1 Å². The molecule has 2 amide bonds. The van der Waals surface area contributed by atoms with Gasteiger partial charge in [-0.1, -0.05) is 24.3 Å². The second-order valence-corrected chi connectivity index (χ2v) is 6.05. The van der Waals surface area contributed by atoms with Crippen molar-refractivity contribution in [2.24, 2.45) is 0 Å². The molecular weight excluding hydrogens is 288 g/mol. The fraction of sp³-hybridized carbons (Fsp3) is 0.444. The maximum atomic E-state index is 12.5. The van der Waals surface area contributed by atoms with Gasteiger partial charge in [0.2, 0.25) is 0 Å². The molecule has 1 aliphatic carbocycles. The van der Waals surface area contributed by atoms with E-state index in [0.717, 1.165) is 31.5 Å². The van der Waals surface area contributed by atoms with E-state index in [1.54, 1.807) is 12.5 Å². The molecule has 0 radical (unpaired) electrons. The van der Waals surface area contributed by atoms with Crippen LogP contribution in [0.2, 0.25) is 0 Å². The van der Waals surface area contributed by atoms with Crippen molar-refractivity contribution >= 4 is 6.03 Å². The first-order chi connectivity index (χ1) is 11.2. The molecule has 2 aromatic rings. The standard InChI is InChI=1S/C18H24N4O/c1-3-22-13-19-11-15(22)12-20-18(23)21(2)17-10-6-8-14-7-4-5-9-16(14)17/h4-5,7,9,11,13,17H,3,6,8,10,12H2,1-2H3,(H,20,23)/t17-/m0/s1. The van der Waals surface area contributed by atoms with Crippen molar-refractivity contribution in [3.8, 4) is 0 Å². The molecule has 1 aromatic heterocycles. The number of rotatable bonds is 4. The Morgan fingerprint density at radius 1 is 1.43 bits per heavy atom. The van der Waals surface area contributed by atoms with Gasteiger partial charge in [-0.3, -0.25) is 0 Å². The van der Waals surface area contributed by atoms with Crippen LogP contribution in [0.5, 0.6) is 0 Å². The number of carbonyl (C=O) groups is 1. The quantitative estimate of drug-likeness (QED) is 0.943. The lowest BCUT2D eigenvalue weighted by atomic mass is 9.87. The number of benzene rings is 1. The van der Waals surface area contributed by atoms with Gasteiger partial charge >= 0.3 is 6.03 Å². The first kappa shape index (κ1) is 15.6. The lowest BCUT2D eigenvalue weighted by molar-refractivity contribution is 0.183. The number of imidazole rings is 1. The van der Waals surface area contributed by atoms with Crippen molar-refractivity contribution in [2.45, 2.75) is 45.3 Å². The normalized spacial score (nSPS) is 16.7. The van der Waals surface area contributed by atoms with E-state index in [4.69, 9.17) is 0 Å². The van der Waals surface area contributed by atoms with Gasteiger partial charge in [0, 0.05) is 19.8 Å². The predicted octanol–water partition coefficient (Wildman–Crippen LogP) is 3.12. The Morgan fingerprint density at radius 3 is 3.09 bits per heavy atom. The smallest absolute Gasteiger partial charge is 0.317 e. The van der Waals surface area contributed by atoms with E-state index in [1.807, 2.05) is 16.5 Å². The van der Waals surface area contributed by atoms with Crippen molar-refractivity contribution in [3.63, 3.8) is 0 Å². The molecule has 1 N–H and O–H groups in total. The Bertz CT molecular complexity index is 679. The third-order valence-electron chi connectivity index (χ3n) is 4.69. The van der Waals surface area contributed by atoms with E-state index in [2.05, 4.69) is 41.5 Å². The summed E-state index contributed by atoms with van der Waals surface area (Å²) in [6.07, 6.45) is 6.86. The first-order valence-electron chi connectivity index (χ1n) is 8.28. The summed E-state index contributed by atoms with van der Waals surface area (Å²) in [6.45, 7) is 3.43. The van der Waals surface area contributed by atoms with Crippen LogP contribution in [0.15, 0.2) is 36.8 Å². The Morgan fingerprint density at radius 2 is 2.26 bits per heavy atom. The molecule has 1 atom stereocenters. The monoisotopic (exact) mass is 312 g/mol. The molecule has 122 valence electrons. The highest BCUT2D eigenvalue weighted by molar-refractivity contribution is 5.74. The number of hydrogen-bond donors (Lipinski definition) is 1. The van der Waals surface area contributed by atoms with Crippen molar-refractivity contribution in [3.05, 3.63) is 53.6 Å². The van der Waals surface area contributed by atoms with Crippen molar-refractivity contribution in [1.29, 1.82) is 0 Å². The maximum Gasteiger partial charge on any atom is 0.317 e. The van der Waals surface area contributed by atoms with Gasteiger partial charge in [-0.2, -0.15) is 0 Å². The number of fused-ring (bicyclic) bond motifs is 1. The minimum Gasteiger partial charge on any atom is -0.333 e. The fourth-order valence-corrected chi connectivity index (χ4v) is 3.34. The second-order valence-electron chi connectivity index (χ2n) is 6.05. The average molecular weight is 312 g/mol. The highest BCUT2D eigenvalue weighted by atomic mass is 16.2. The summed E-state index contributed by atoms with van der Waals surface area (Å²) < 4.78 is 2.04. The van der Waals surface area contributed by atoms with E-state index >= 15 is 0 Å². The summed E-state index contributed by atoms with van der Waals surface area (Å²) in [6, 6.07) is 8.59. The van der Waals surface area contributed by atoms with Crippen molar-refractivity contribution in [1.82, 2.24) is 19.8 Å². The fourth-order valence-electron chi connectivity index (χ4n) is 3.34. The summed E-state index contributed by atoms with van der Waals surface area (Å²) in [5.74, 6) is 0. The van der Waals surface area contributed by atoms with Crippen LogP contribution >= 0.6 is 0 Å². The Kier molecular flexibility index (Phi) is 4.65. The average Bonchev–Trinajstić information content (AvgIpc) is 3.06. The number of nitrogens with zero attached hydrogens (tertiary/aromatic N) is 3. The van der Waals surface area contributed by atoms with Gasteiger partial charge in [0.05, 0.1) is 24.6 Å². The number of hydrogen-bond acceptors (Lipinski definition) is 2. The van der Waals surface area contributed by atoms with Crippen LogP contribution in [0.3, 0.4) is 0 Å².